The Hall–Kier alpha value is -3.12. The minimum Gasteiger partial charge on any atom is -0.488 e. The Labute approximate surface area is 243 Å². The van der Waals surface area contributed by atoms with Gasteiger partial charge in [0, 0.05) is 18.5 Å². The molecule has 0 amide bonds. The summed E-state index contributed by atoms with van der Waals surface area (Å²) in [6.07, 6.45) is 2.72. The maximum atomic E-state index is 12.7. The molecule has 8 nitrogen and oxygen atoms in total. The fourth-order valence-electron chi connectivity index (χ4n) is 5.00. The lowest BCUT2D eigenvalue weighted by Crippen LogP contribution is -2.48. The van der Waals surface area contributed by atoms with Crippen molar-refractivity contribution in [2.45, 2.75) is 77.5 Å². The molecule has 0 aromatic heterocycles. The molecule has 9 heteroatoms. The summed E-state index contributed by atoms with van der Waals surface area (Å²) in [7, 11) is 0. The van der Waals surface area contributed by atoms with Crippen molar-refractivity contribution in [2.75, 3.05) is 13.2 Å². The van der Waals surface area contributed by atoms with Crippen molar-refractivity contribution in [1.29, 1.82) is 5.26 Å². The molecule has 2 aromatic rings. The molecule has 0 saturated carbocycles. The molecule has 0 saturated heterocycles. The largest absolute Gasteiger partial charge is 0.488 e. The molecule has 0 fully saturated rings. The second-order valence-corrected chi connectivity index (χ2v) is 11.5. The zero-order valence-corrected chi connectivity index (χ0v) is 24.6. The van der Waals surface area contributed by atoms with E-state index in [1.807, 2.05) is 13.8 Å². The summed E-state index contributed by atoms with van der Waals surface area (Å²) in [6, 6.07) is 14.9. The van der Waals surface area contributed by atoms with E-state index in [0.717, 1.165) is 24.8 Å². The molecule has 0 aliphatic heterocycles. The van der Waals surface area contributed by atoms with Crippen LogP contribution in [0.15, 0.2) is 42.5 Å². The summed E-state index contributed by atoms with van der Waals surface area (Å²) < 4.78 is 11.8. The third kappa shape index (κ3) is 9.81. The standard InChI is InChI=1S/C31H41N3O5.ClH/c1-20(2)29(33)30(37)39-26(19-38-27-15-21(10-12-28(35)36)9-11-25(27)17-32)18-34-31(3,4)16-22-13-23-7-5-6-8-24(23)14-22;/h5-9,11,15,20,22,26,29,34H,10,12-14,16,18-19,33H2,1-4H3,(H,35,36);1H/t26-,29+;/m0./s1. The lowest BCUT2D eigenvalue weighted by molar-refractivity contribution is -0.153. The van der Waals surface area contributed by atoms with Crippen LogP contribution in [0.3, 0.4) is 0 Å². The van der Waals surface area contributed by atoms with Crippen LogP contribution in [0.2, 0.25) is 0 Å². The normalized spacial score (nSPS) is 14.5. The number of ether oxygens (including phenoxy) is 2. The number of benzene rings is 2. The van der Waals surface area contributed by atoms with E-state index in [0.29, 0.717) is 30.2 Å². The quantitative estimate of drug-likeness (QED) is 0.283. The van der Waals surface area contributed by atoms with E-state index in [1.165, 1.54) is 11.1 Å². The molecule has 0 radical (unpaired) electrons. The predicted molar refractivity (Wildman–Crippen MR) is 157 cm³/mol. The molecule has 2 aromatic carbocycles. The summed E-state index contributed by atoms with van der Waals surface area (Å²) in [5.74, 6) is -0.616. The molecule has 218 valence electrons. The zero-order valence-electron chi connectivity index (χ0n) is 23.8. The van der Waals surface area contributed by atoms with Crippen LogP contribution in [0, 0.1) is 23.2 Å². The number of carboxylic acid groups (broad SMARTS) is 1. The number of nitriles is 1. The first kappa shape index (κ1) is 33.1. The Morgan fingerprint density at radius 1 is 1.18 bits per heavy atom. The predicted octanol–water partition coefficient (Wildman–Crippen LogP) is 4.44. The van der Waals surface area contributed by atoms with Gasteiger partial charge in [0.1, 0.15) is 30.6 Å². The van der Waals surface area contributed by atoms with E-state index >= 15 is 0 Å². The Balaban J connectivity index is 0.00000560. The molecule has 0 unspecified atom stereocenters. The van der Waals surface area contributed by atoms with Crippen LogP contribution in [0.5, 0.6) is 5.75 Å². The van der Waals surface area contributed by atoms with Gasteiger partial charge in [0.05, 0.1) is 5.56 Å². The summed E-state index contributed by atoms with van der Waals surface area (Å²) in [4.78, 5) is 23.7. The SMILES string of the molecule is CC(C)[C@@H](N)C(=O)O[C@@H](CNC(C)(C)CC1Cc2ccccc2C1)COc1cc(CCC(=O)O)ccc1C#N.Cl. The van der Waals surface area contributed by atoms with Crippen molar-refractivity contribution in [1.82, 2.24) is 5.32 Å². The second kappa shape index (κ2) is 15.0. The first-order chi connectivity index (χ1) is 18.5. The number of fused-ring (bicyclic) bond motifs is 1. The van der Waals surface area contributed by atoms with E-state index in [1.54, 1.807) is 18.2 Å². The molecule has 0 spiro atoms. The number of hydrogen-bond acceptors (Lipinski definition) is 7. The summed E-state index contributed by atoms with van der Waals surface area (Å²) in [5, 5.41) is 22.1. The van der Waals surface area contributed by atoms with Crippen LogP contribution in [0.4, 0.5) is 0 Å². The molecule has 4 N–H and O–H groups in total. The maximum absolute atomic E-state index is 12.7. The number of esters is 1. The number of nitrogens with two attached hydrogens (primary N) is 1. The first-order valence-corrected chi connectivity index (χ1v) is 13.6. The van der Waals surface area contributed by atoms with Crippen LogP contribution in [-0.4, -0.2) is 47.9 Å². The number of nitrogens with one attached hydrogen (secondary N) is 1. The van der Waals surface area contributed by atoms with Crippen molar-refractivity contribution in [2.24, 2.45) is 17.6 Å². The smallest absolute Gasteiger partial charge is 0.323 e. The van der Waals surface area contributed by atoms with E-state index in [-0.39, 0.29) is 36.9 Å². The Morgan fingerprint density at radius 2 is 1.82 bits per heavy atom. The van der Waals surface area contributed by atoms with Crippen LogP contribution in [0.1, 0.15) is 62.8 Å². The van der Waals surface area contributed by atoms with E-state index in [9.17, 15) is 14.9 Å². The molecule has 0 bridgehead atoms. The number of aryl methyl sites for hydroxylation is 1. The number of halogens is 1. The molecule has 0 heterocycles. The van der Waals surface area contributed by atoms with Crippen molar-refractivity contribution in [3.8, 4) is 11.8 Å². The van der Waals surface area contributed by atoms with Crippen LogP contribution >= 0.6 is 12.4 Å². The van der Waals surface area contributed by atoms with Crippen LogP contribution in [-0.2, 0) is 33.6 Å². The number of aliphatic carboxylic acids is 1. The van der Waals surface area contributed by atoms with Crippen LogP contribution in [0.25, 0.3) is 0 Å². The van der Waals surface area contributed by atoms with Crippen molar-refractivity contribution in [3.63, 3.8) is 0 Å². The van der Waals surface area contributed by atoms with Gasteiger partial charge in [0.15, 0.2) is 0 Å². The number of rotatable bonds is 14. The average molecular weight is 572 g/mol. The molecule has 3 rings (SSSR count). The minimum absolute atomic E-state index is 0. The molecule has 1 aliphatic rings. The number of carbonyl (C=O) groups excluding carboxylic acids is 1. The number of carbonyl (C=O) groups is 2. The third-order valence-corrected chi connectivity index (χ3v) is 7.23. The molecule has 40 heavy (non-hydrogen) atoms. The number of carboxylic acids is 1. The molecule has 2 atom stereocenters. The fraction of sp³-hybridized carbons (Fsp3) is 0.516. The summed E-state index contributed by atoms with van der Waals surface area (Å²) >= 11 is 0. The van der Waals surface area contributed by atoms with Crippen molar-refractivity contribution < 1.29 is 24.2 Å². The van der Waals surface area contributed by atoms with Gasteiger partial charge in [-0.15, -0.1) is 12.4 Å². The first-order valence-electron chi connectivity index (χ1n) is 13.6. The second-order valence-electron chi connectivity index (χ2n) is 11.5. The Bertz CT molecular complexity index is 1170. The van der Waals surface area contributed by atoms with Crippen LogP contribution < -0.4 is 15.8 Å². The summed E-state index contributed by atoms with van der Waals surface area (Å²) in [6.45, 7) is 8.39. The average Bonchev–Trinajstić information content (AvgIpc) is 3.29. The lowest BCUT2D eigenvalue weighted by atomic mass is 9.88. The van der Waals surface area contributed by atoms with Gasteiger partial charge in [0.25, 0.3) is 0 Å². The zero-order chi connectivity index (χ0) is 28.6. The van der Waals surface area contributed by atoms with E-state index in [4.69, 9.17) is 20.3 Å². The van der Waals surface area contributed by atoms with Gasteiger partial charge >= 0.3 is 11.9 Å². The van der Waals surface area contributed by atoms with Crippen molar-refractivity contribution in [3.05, 3.63) is 64.7 Å². The van der Waals surface area contributed by atoms with Gasteiger partial charge in [-0.1, -0.05) is 44.2 Å². The topological polar surface area (TPSA) is 135 Å². The molecular weight excluding hydrogens is 530 g/mol. The number of hydrogen-bond donors (Lipinski definition) is 3. The highest BCUT2D eigenvalue weighted by molar-refractivity contribution is 5.85. The van der Waals surface area contributed by atoms with Gasteiger partial charge in [-0.2, -0.15) is 5.26 Å². The van der Waals surface area contributed by atoms with Gasteiger partial charge < -0.3 is 25.6 Å². The monoisotopic (exact) mass is 571 g/mol. The van der Waals surface area contributed by atoms with E-state index in [2.05, 4.69) is 49.5 Å². The fourth-order valence-corrected chi connectivity index (χ4v) is 5.00. The Kier molecular flexibility index (Phi) is 12.4. The molecular formula is C31H42ClN3O5. The van der Waals surface area contributed by atoms with Crippen molar-refractivity contribution >= 4 is 24.3 Å². The van der Waals surface area contributed by atoms with Gasteiger partial charge in [-0.3, -0.25) is 9.59 Å². The highest BCUT2D eigenvalue weighted by Crippen LogP contribution is 2.32. The summed E-state index contributed by atoms with van der Waals surface area (Å²) in [5.41, 5.74) is 9.74. The number of nitrogens with zero attached hydrogens (tertiary/aromatic N) is 1. The minimum atomic E-state index is -0.898. The Morgan fingerprint density at radius 3 is 2.40 bits per heavy atom. The lowest BCUT2D eigenvalue weighted by Gasteiger charge is -2.32. The molecule has 1 aliphatic carbocycles. The highest BCUT2D eigenvalue weighted by Gasteiger charge is 2.30. The van der Waals surface area contributed by atoms with E-state index < -0.39 is 24.1 Å². The van der Waals surface area contributed by atoms with Gasteiger partial charge in [-0.25, -0.2) is 0 Å². The maximum Gasteiger partial charge on any atom is 0.323 e. The highest BCUT2D eigenvalue weighted by atomic mass is 35.5. The third-order valence-electron chi connectivity index (χ3n) is 7.23. The van der Waals surface area contributed by atoms with Gasteiger partial charge in [0.2, 0.25) is 0 Å². The van der Waals surface area contributed by atoms with Gasteiger partial charge in [-0.05, 0) is 80.2 Å².